The fourth-order valence-corrected chi connectivity index (χ4v) is 3.32. The molecule has 3 rings (SSSR count). The molecule has 2 aromatic rings. The van der Waals surface area contributed by atoms with Crippen LogP contribution in [0.3, 0.4) is 0 Å². The van der Waals surface area contributed by atoms with Gasteiger partial charge in [-0.2, -0.15) is 0 Å². The van der Waals surface area contributed by atoms with E-state index < -0.39 is 0 Å². The van der Waals surface area contributed by atoms with Gasteiger partial charge in [0.25, 0.3) is 0 Å². The lowest BCUT2D eigenvalue weighted by atomic mass is 10.2. The molecular formula is C15H13Br2NO2. The third kappa shape index (κ3) is 2.79. The van der Waals surface area contributed by atoms with Crippen molar-refractivity contribution in [3.8, 4) is 11.5 Å². The molecule has 0 radical (unpaired) electrons. The third-order valence-corrected chi connectivity index (χ3v) is 4.34. The zero-order valence-corrected chi connectivity index (χ0v) is 14.0. The number of nitrogens with one attached hydrogen (secondary N) is 1. The van der Waals surface area contributed by atoms with Crippen LogP contribution >= 0.6 is 31.9 Å². The molecule has 0 atom stereocenters. The number of anilines is 1. The predicted octanol–water partition coefficient (Wildman–Crippen LogP) is 4.86. The number of fused-ring (bicyclic) bond motifs is 1. The smallest absolute Gasteiger partial charge is 0.231 e. The molecule has 1 aliphatic heterocycles. The summed E-state index contributed by atoms with van der Waals surface area (Å²) in [6.07, 6.45) is 0. The lowest BCUT2D eigenvalue weighted by Crippen LogP contribution is -2.00. The topological polar surface area (TPSA) is 30.5 Å². The van der Waals surface area contributed by atoms with Gasteiger partial charge in [-0.25, -0.2) is 0 Å². The molecule has 0 saturated heterocycles. The predicted molar refractivity (Wildman–Crippen MR) is 86.5 cm³/mol. The summed E-state index contributed by atoms with van der Waals surface area (Å²) in [6, 6.07) is 10.3. The first-order valence-electron chi connectivity index (χ1n) is 6.21. The van der Waals surface area contributed by atoms with Crippen LogP contribution in [0, 0.1) is 6.92 Å². The minimum absolute atomic E-state index is 0.286. The zero-order chi connectivity index (χ0) is 14.1. The Labute approximate surface area is 134 Å². The van der Waals surface area contributed by atoms with E-state index in [-0.39, 0.29) is 6.79 Å². The average Bonchev–Trinajstić information content (AvgIpc) is 2.86. The monoisotopic (exact) mass is 397 g/mol. The maximum atomic E-state index is 5.42. The van der Waals surface area contributed by atoms with Gasteiger partial charge in [0.1, 0.15) is 0 Å². The Morgan fingerprint density at radius 3 is 2.75 bits per heavy atom. The second-order valence-electron chi connectivity index (χ2n) is 4.65. The number of hydrogen-bond acceptors (Lipinski definition) is 3. The second-order valence-corrected chi connectivity index (χ2v) is 6.36. The van der Waals surface area contributed by atoms with E-state index in [0.717, 1.165) is 38.2 Å². The van der Waals surface area contributed by atoms with Crippen molar-refractivity contribution in [2.75, 3.05) is 12.1 Å². The molecule has 3 nitrogen and oxygen atoms in total. The number of halogens is 2. The van der Waals surface area contributed by atoms with Crippen molar-refractivity contribution >= 4 is 37.5 Å². The van der Waals surface area contributed by atoms with E-state index in [0.29, 0.717) is 0 Å². The van der Waals surface area contributed by atoms with E-state index in [9.17, 15) is 0 Å². The maximum absolute atomic E-state index is 5.42. The van der Waals surface area contributed by atoms with Crippen LogP contribution in [0.2, 0.25) is 0 Å². The van der Waals surface area contributed by atoms with Crippen molar-refractivity contribution < 1.29 is 9.47 Å². The first-order valence-corrected chi connectivity index (χ1v) is 7.80. The highest BCUT2D eigenvalue weighted by Crippen LogP contribution is 2.40. The zero-order valence-electron chi connectivity index (χ0n) is 10.9. The Balaban J connectivity index is 1.77. The van der Waals surface area contributed by atoms with Gasteiger partial charge >= 0.3 is 0 Å². The van der Waals surface area contributed by atoms with Crippen molar-refractivity contribution in [3.63, 3.8) is 0 Å². The van der Waals surface area contributed by atoms with E-state index in [4.69, 9.17) is 9.47 Å². The third-order valence-electron chi connectivity index (χ3n) is 3.09. The molecule has 1 N–H and O–H groups in total. The molecule has 20 heavy (non-hydrogen) atoms. The molecular weight excluding hydrogens is 386 g/mol. The minimum Gasteiger partial charge on any atom is -0.454 e. The Kier molecular flexibility index (Phi) is 3.89. The Morgan fingerprint density at radius 2 is 1.95 bits per heavy atom. The SMILES string of the molecule is Cc1ccc(NCc2cc(Br)c3c(c2)OCO3)c(Br)c1. The fourth-order valence-electron chi connectivity index (χ4n) is 2.08. The molecule has 0 aromatic heterocycles. The highest BCUT2D eigenvalue weighted by atomic mass is 79.9. The molecule has 104 valence electrons. The molecule has 0 fully saturated rings. The van der Waals surface area contributed by atoms with Gasteiger partial charge < -0.3 is 14.8 Å². The second kappa shape index (κ2) is 5.66. The molecule has 2 aromatic carbocycles. The minimum atomic E-state index is 0.286. The number of hydrogen-bond donors (Lipinski definition) is 1. The van der Waals surface area contributed by atoms with E-state index in [1.54, 1.807) is 0 Å². The van der Waals surface area contributed by atoms with Crippen LogP contribution in [-0.4, -0.2) is 6.79 Å². The van der Waals surface area contributed by atoms with Gasteiger partial charge in [0.05, 0.1) is 4.47 Å². The normalized spacial score (nSPS) is 12.6. The molecule has 1 heterocycles. The Morgan fingerprint density at radius 1 is 1.10 bits per heavy atom. The first-order chi connectivity index (χ1) is 9.63. The summed E-state index contributed by atoms with van der Waals surface area (Å²) in [4.78, 5) is 0. The molecule has 0 amide bonds. The molecule has 1 aliphatic rings. The van der Waals surface area contributed by atoms with Crippen molar-refractivity contribution in [1.29, 1.82) is 0 Å². The first kappa shape index (κ1) is 13.8. The van der Waals surface area contributed by atoms with Crippen molar-refractivity contribution in [2.24, 2.45) is 0 Å². The van der Waals surface area contributed by atoms with E-state index in [2.05, 4.69) is 62.3 Å². The van der Waals surface area contributed by atoms with Gasteiger partial charge in [-0.1, -0.05) is 6.07 Å². The summed E-state index contributed by atoms with van der Waals surface area (Å²) in [5, 5.41) is 3.41. The van der Waals surface area contributed by atoms with Crippen LogP contribution < -0.4 is 14.8 Å². The summed E-state index contributed by atoms with van der Waals surface area (Å²) in [5.74, 6) is 1.57. The maximum Gasteiger partial charge on any atom is 0.231 e. The van der Waals surface area contributed by atoms with Gasteiger partial charge in [0, 0.05) is 16.7 Å². The summed E-state index contributed by atoms with van der Waals surface area (Å²) in [6.45, 7) is 3.08. The lowest BCUT2D eigenvalue weighted by Gasteiger charge is -2.10. The standard InChI is InChI=1S/C15H13Br2NO2/c1-9-2-3-13(11(16)4-9)18-7-10-5-12(17)15-14(6-10)19-8-20-15/h2-6,18H,7-8H2,1H3. The summed E-state index contributed by atoms with van der Waals surface area (Å²) in [5.41, 5.74) is 3.44. The number of ether oxygens (including phenoxy) is 2. The number of rotatable bonds is 3. The molecule has 0 spiro atoms. The molecule has 0 unspecified atom stereocenters. The molecule has 0 bridgehead atoms. The van der Waals surface area contributed by atoms with Crippen molar-refractivity contribution in [1.82, 2.24) is 0 Å². The van der Waals surface area contributed by atoms with Crippen molar-refractivity contribution in [2.45, 2.75) is 13.5 Å². The van der Waals surface area contributed by atoms with Gasteiger partial charge in [-0.15, -0.1) is 0 Å². The summed E-state index contributed by atoms with van der Waals surface area (Å²) in [7, 11) is 0. The van der Waals surface area contributed by atoms with Crippen LogP contribution in [0.15, 0.2) is 39.3 Å². The summed E-state index contributed by atoms with van der Waals surface area (Å²) < 4.78 is 12.8. The number of aryl methyl sites for hydroxylation is 1. The Bertz CT molecular complexity index is 659. The molecule has 0 aliphatic carbocycles. The lowest BCUT2D eigenvalue weighted by molar-refractivity contribution is 0.173. The average molecular weight is 399 g/mol. The Hall–Kier alpha value is -1.20. The van der Waals surface area contributed by atoms with Gasteiger partial charge in [-0.3, -0.25) is 0 Å². The van der Waals surface area contributed by atoms with Gasteiger partial charge in [0.2, 0.25) is 6.79 Å². The van der Waals surface area contributed by atoms with Crippen LogP contribution in [0.5, 0.6) is 11.5 Å². The molecule has 5 heteroatoms. The van der Waals surface area contributed by atoms with Gasteiger partial charge in [0.15, 0.2) is 11.5 Å². The highest BCUT2D eigenvalue weighted by molar-refractivity contribution is 9.11. The summed E-state index contributed by atoms with van der Waals surface area (Å²) >= 11 is 7.07. The van der Waals surface area contributed by atoms with Crippen LogP contribution in [0.1, 0.15) is 11.1 Å². The van der Waals surface area contributed by atoms with E-state index >= 15 is 0 Å². The highest BCUT2D eigenvalue weighted by Gasteiger charge is 2.17. The van der Waals surface area contributed by atoms with E-state index in [1.165, 1.54) is 5.56 Å². The quantitative estimate of drug-likeness (QED) is 0.800. The molecule has 0 saturated carbocycles. The van der Waals surface area contributed by atoms with Crippen LogP contribution in [0.4, 0.5) is 5.69 Å². The van der Waals surface area contributed by atoms with Crippen molar-refractivity contribution in [3.05, 3.63) is 50.4 Å². The van der Waals surface area contributed by atoms with E-state index in [1.807, 2.05) is 12.1 Å². The van der Waals surface area contributed by atoms with Crippen LogP contribution in [0.25, 0.3) is 0 Å². The van der Waals surface area contributed by atoms with Crippen LogP contribution in [-0.2, 0) is 6.54 Å². The number of benzene rings is 2. The van der Waals surface area contributed by atoms with Gasteiger partial charge in [-0.05, 0) is 74.2 Å². The fraction of sp³-hybridized carbons (Fsp3) is 0.200. The largest absolute Gasteiger partial charge is 0.454 e.